The van der Waals surface area contributed by atoms with Crippen LogP contribution in [-0.2, 0) is 4.65 Å². The molecule has 0 saturated heterocycles. The van der Waals surface area contributed by atoms with E-state index in [2.05, 4.69) is 31.4 Å². The van der Waals surface area contributed by atoms with Gasteiger partial charge in [-0.25, -0.2) is 0 Å². The predicted molar refractivity (Wildman–Crippen MR) is 40.3 cm³/mol. The van der Waals surface area contributed by atoms with Crippen molar-refractivity contribution in [3.63, 3.8) is 0 Å². The Morgan fingerprint density at radius 1 is 1.56 bits per heavy atom. The van der Waals surface area contributed by atoms with Gasteiger partial charge in [0.25, 0.3) is 0 Å². The molecule has 2 nitrogen and oxygen atoms in total. The van der Waals surface area contributed by atoms with E-state index in [4.69, 9.17) is 4.65 Å². The lowest BCUT2D eigenvalue weighted by atomic mass is 9.56. The Balaban J connectivity index is 2.73. The van der Waals surface area contributed by atoms with Gasteiger partial charge >= 0.3 is 6.48 Å². The topological polar surface area (TPSA) is 12.2 Å². The standard InChI is InChI=1S/C6H14BNO/c1-7(2)8(3)5-4-6-9-7/h5H,4,6H2,1-3H3. The fourth-order valence-corrected chi connectivity index (χ4v) is 0.984. The summed E-state index contributed by atoms with van der Waals surface area (Å²) in [7, 11) is 2.07. The Morgan fingerprint density at radius 3 is 2.56 bits per heavy atom. The van der Waals surface area contributed by atoms with E-state index in [1.165, 1.54) is 0 Å². The molecular weight excluding hydrogens is 113 g/mol. The van der Waals surface area contributed by atoms with Crippen molar-refractivity contribution in [3.8, 4) is 0 Å². The molecule has 0 aromatic heterocycles. The summed E-state index contributed by atoms with van der Waals surface area (Å²) in [6.07, 6.45) is 3.26. The highest BCUT2D eigenvalue weighted by Crippen LogP contribution is 2.07. The third kappa shape index (κ3) is 1.33. The number of hydrogen-bond donors (Lipinski definition) is 0. The molecule has 1 heterocycles. The lowest BCUT2D eigenvalue weighted by Crippen LogP contribution is -2.46. The van der Waals surface area contributed by atoms with Crippen molar-refractivity contribution in [2.45, 2.75) is 20.1 Å². The van der Waals surface area contributed by atoms with E-state index in [1.807, 2.05) is 0 Å². The second-order valence-corrected chi connectivity index (χ2v) is 3.18. The summed E-state index contributed by atoms with van der Waals surface area (Å²) in [5, 5.41) is 0. The molecule has 1 rings (SSSR count). The van der Waals surface area contributed by atoms with E-state index in [0.717, 1.165) is 13.0 Å². The lowest BCUT2D eigenvalue weighted by Gasteiger charge is -2.30. The van der Waals surface area contributed by atoms with Crippen LogP contribution in [0.5, 0.6) is 0 Å². The van der Waals surface area contributed by atoms with Crippen LogP contribution in [0.2, 0.25) is 13.6 Å². The number of hydrogen-bond acceptors (Lipinski definition) is 1. The third-order valence-corrected chi connectivity index (χ3v) is 2.04. The van der Waals surface area contributed by atoms with Crippen molar-refractivity contribution in [2.75, 3.05) is 13.7 Å². The van der Waals surface area contributed by atoms with Crippen LogP contribution in [0, 0.1) is 0 Å². The molecule has 0 N–H and O–H groups in total. The smallest absolute Gasteiger partial charge is 0.394 e. The lowest BCUT2D eigenvalue weighted by molar-refractivity contribution is -0.383. The molecule has 0 bridgehead atoms. The summed E-state index contributed by atoms with van der Waals surface area (Å²) >= 11 is 0. The maximum atomic E-state index is 5.53. The van der Waals surface area contributed by atoms with Gasteiger partial charge in [0.15, 0.2) is 0 Å². The van der Waals surface area contributed by atoms with Crippen LogP contribution in [-0.4, -0.2) is 30.8 Å². The van der Waals surface area contributed by atoms with Gasteiger partial charge in [0.05, 0.1) is 13.3 Å². The molecule has 9 heavy (non-hydrogen) atoms. The van der Waals surface area contributed by atoms with E-state index in [1.54, 1.807) is 0 Å². The molecule has 0 radical (unpaired) electrons. The normalized spacial score (nSPS) is 25.4. The van der Waals surface area contributed by atoms with Crippen molar-refractivity contribution < 1.29 is 9.14 Å². The van der Waals surface area contributed by atoms with Crippen LogP contribution < -0.4 is 0 Å². The molecule has 0 aromatic carbocycles. The summed E-state index contributed by atoms with van der Waals surface area (Å²) in [6.45, 7) is 4.47. The van der Waals surface area contributed by atoms with Crippen LogP contribution in [0.4, 0.5) is 0 Å². The van der Waals surface area contributed by atoms with E-state index in [9.17, 15) is 0 Å². The van der Waals surface area contributed by atoms with Crippen molar-refractivity contribution in [1.29, 1.82) is 0 Å². The minimum Gasteiger partial charge on any atom is -0.532 e. The quantitative estimate of drug-likeness (QED) is 0.439. The van der Waals surface area contributed by atoms with Gasteiger partial charge in [0.1, 0.15) is 0 Å². The zero-order chi connectivity index (χ0) is 6.91. The van der Waals surface area contributed by atoms with Crippen molar-refractivity contribution >= 4 is 12.7 Å². The molecule has 0 atom stereocenters. The maximum absolute atomic E-state index is 5.53. The van der Waals surface area contributed by atoms with Crippen LogP contribution in [0.15, 0.2) is 0 Å². The number of nitrogens with zero attached hydrogens (tertiary/aromatic N) is 1. The first-order chi connectivity index (χ1) is 4.13. The van der Waals surface area contributed by atoms with Gasteiger partial charge < -0.3 is 9.14 Å². The van der Waals surface area contributed by atoms with Gasteiger partial charge in [-0.05, 0) is 0 Å². The first-order valence-corrected chi connectivity index (χ1v) is 3.55. The van der Waals surface area contributed by atoms with Gasteiger partial charge in [0.2, 0.25) is 0 Å². The van der Waals surface area contributed by atoms with Crippen LogP contribution in [0.25, 0.3) is 0 Å². The minimum atomic E-state index is -0.684. The highest BCUT2D eigenvalue weighted by molar-refractivity contribution is 6.63. The summed E-state index contributed by atoms with van der Waals surface area (Å²) in [6, 6.07) is 0. The molecule has 0 aliphatic carbocycles. The average Bonchev–Trinajstić information content (AvgIpc) is 1.77. The Hall–Kier alpha value is -0.305. The van der Waals surface area contributed by atoms with Gasteiger partial charge in [-0.3, -0.25) is 0 Å². The highest BCUT2D eigenvalue weighted by Gasteiger charge is 2.27. The van der Waals surface area contributed by atoms with E-state index < -0.39 is 6.48 Å². The highest BCUT2D eigenvalue weighted by atomic mass is 16.5. The summed E-state index contributed by atoms with van der Waals surface area (Å²) in [5.41, 5.74) is 0. The first kappa shape index (κ1) is 6.81. The molecule has 0 fully saturated rings. The fourth-order valence-electron chi connectivity index (χ4n) is 0.984. The van der Waals surface area contributed by atoms with Gasteiger partial charge in [-0.15, -0.1) is 0 Å². The van der Waals surface area contributed by atoms with Crippen molar-refractivity contribution in [1.82, 2.24) is 0 Å². The van der Waals surface area contributed by atoms with Crippen LogP contribution in [0.3, 0.4) is 0 Å². The Kier molecular flexibility index (Phi) is 1.62. The molecule has 0 spiro atoms. The van der Waals surface area contributed by atoms with E-state index in [-0.39, 0.29) is 0 Å². The van der Waals surface area contributed by atoms with Gasteiger partial charge in [-0.1, -0.05) is 13.6 Å². The second kappa shape index (κ2) is 2.14. The van der Waals surface area contributed by atoms with Gasteiger partial charge in [-0.2, -0.15) is 0 Å². The average molecular weight is 127 g/mol. The molecule has 0 unspecified atom stereocenters. The van der Waals surface area contributed by atoms with E-state index in [0.29, 0.717) is 0 Å². The van der Waals surface area contributed by atoms with E-state index >= 15 is 0 Å². The zero-order valence-electron chi connectivity index (χ0n) is 6.42. The molecule has 52 valence electrons. The molecular formula is C6H14BNO. The largest absolute Gasteiger partial charge is 0.532 e. The summed E-state index contributed by atoms with van der Waals surface area (Å²) in [4.78, 5) is 0. The minimum absolute atomic E-state index is 0.684. The van der Waals surface area contributed by atoms with Crippen molar-refractivity contribution in [3.05, 3.63) is 0 Å². The van der Waals surface area contributed by atoms with Crippen molar-refractivity contribution in [2.24, 2.45) is 0 Å². The Morgan fingerprint density at radius 2 is 2.22 bits per heavy atom. The van der Waals surface area contributed by atoms with Gasteiger partial charge in [0, 0.05) is 13.0 Å². The van der Waals surface area contributed by atoms with Crippen LogP contribution in [0.1, 0.15) is 6.42 Å². The fraction of sp³-hybridized carbons (Fsp3) is 0.833. The molecule has 3 heteroatoms. The Labute approximate surface area is 56.5 Å². The predicted octanol–water partition coefficient (Wildman–Crippen LogP) is 0.822. The molecule has 0 aromatic rings. The molecule has 0 saturated carbocycles. The maximum Gasteiger partial charge on any atom is 0.394 e. The monoisotopic (exact) mass is 127 g/mol. The SMILES string of the molecule is C[N+]1=CCCO[B-]1(C)C. The second-order valence-electron chi connectivity index (χ2n) is 3.18. The zero-order valence-corrected chi connectivity index (χ0v) is 6.42. The summed E-state index contributed by atoms with van der Waals surface area (Å²) in [5.74, 6) is 0. The number of rotatable bonds is 0. The molecule has 1 aliphatic heterocycles. The van der Waals surface area contributed by atoms with Crippen LogP contribution >= 0.6 is 0 Å². The molecule has 1 aliphatic rings. The third-order valence-electron chi connectivity index (χ3n) is 2.04. The Bertz CT molecular complexity index is 142. The summed E-state index contributed by atoms with van der Waals surface area (Å²) < 4.78 is 7.70. The first-order valence-electron chi connectivity index (χ1n) is 3.55. The molecule has 0 amide bonds.